The van der Waals surface area contributed by atoms with Crippen molar-refractivity contribution < 1.29 is 14.3 Å². The molecule has 0 atom stereocenters. The lowest BCUT2D eigenvalue weighted by molar-refractivity contribution is -0.116. The second-order valence-corrected chi connectivity index (χ2v) is 6.86. The molecule has 0 heterocycles. The van der Waals surface area contributed by atoms with Gasteiger partial charge in [-0.3, -0.25) is 9.59 Å². The monoisotopic (exact) mass is 368 g/mol. The molecule has 5 heteroatoms. The molecule has 0 spiro atoms. The zero-order valence-electron chi connectivity index (χ0n) is 16.2. The van der Waals surface area contributed by atoms with Crippen LogP contribution in [0.15, 0.2) is 48.5 Å². The molecule has 0 aromatic heterocycles. The fourth-order valence-corrected chi connectivity index (χ4v) is 2.51. The van der Waals surface area contributed by atoms with Crippen LogP contribution in [-0.2, 0) is 4.79 Å². The summed E-state index contributed by atoms with van der Waals surface area (Å²) in [6, 6.07) is 14.3. The standard InChI is InChI=1S/C22H28N2O3/c1-4-8-21(25)23-17-9-7-10-18(15-17)24-22(26)19-11-5-6-12-20(19)27-14-13-16(2)3/h5-7,9-12,15-16H,4,8,13-14H2,1-3H3,(H,23,25)(H,24,26). The van der Waals surface area contributed by atoms with Gasteiger partial charge in [0.2, 0.25) is 5.91 Å². The minimum Gasteiger partial charge on any atom is -0.493 e. The molecule has 0 fully saturated rings. The quantitative estimate of drug-likeness (QED) is 0.647. The number of carbonyl (C=O) groups excluding carboxylic acids is 2. The lowest BCUT2D eigenvalue weighted by Crippen LogP contribution is -2.15. The van der Waals surface area contributed by atoms with Crippen LogP contribution in [0, 0.1) is 5.92 Å². The minimum atomic E-state index is -0.243. The third kappa shape index (κ3) is 6.77. The molecule has 2 rings (SSSR count). The topological polar surface area (TPSA) is 67.4 Å². The van der Waals surface area contributed by atoms with E-state index in [4.69, 9.17) is 4.74 Å². The first-order chi connectivity index (χ1) is 13.0. The molecule has 2 aromatic rings. The van der Waals surface area contributed by atoms with Crippen LogP contribution in [0.1, 0.15) is 50.4 Å². The molecular weight excluding hydrogens is 340 g/mol. The van der Waals surface area contributed by atoms with Gasteiger partial charge in [-0.15, -0.1) is 0 Å². The van der Waals surface area contributed by atoms with Crippen LogP contribution in [0.2, 0.25) is 0 Å². The molecule has 2 N–H and O–H groups in total. The fourth-order valence-electron chi connectivity index (χ4n) is 2.51. The van der Waals surface area contributed by atoms with E-state index in [0.29, 0.717) is 41.6 Å². The van der Waals surface area contributed by atoms with Gasteiger partial charge in [0.15, 0.2) is 0 Å². The van der Waals surface area contributed by atoms with Crippen LogP contribution >= 0.6 is 0 Å². The number of nitrogens with one attached hydrogen (secondary N) is 2. The van der Waals surface area contributed by atoms with Gasteiger partial charge < -0.3 is 15.4 Å². The van der Waals surface area contributed by atoms with Crippen molar-refractivity contribution in [2.75, 3.05) is 17.2 Å². The SMILES string of the molecule is CCCC(=O)Nc1cccc(NC(=O)c2ccccc2OCCC(C)C)c1. The van der Waals surface area contributed by atoms with Crippen LogP contribution in [0.3, 0.4) is 0 Å². The largest absolute Gasteiger partial charge is 0.493 e. The molecule has 0 bridgehead atoms. The number of anilines is 2. The Bertz CT molecular complexity index is 772. The molecule has 0 saturated heterocycles. The first-order valence-corrected chi connectivity index (χ1v) is 9.42. The van der Waals surface area contributed by atoms with E-state index in [-0.39, 0.29) is 11.8 Å². The number of ether oxygens (including phenoxy) is 1. The summed E-state index contributed by atoms with van der Waals surface area (Å²) in [5, 5.41) is 5.70. The summed E-state index contributed by atoms with van der Waals surface area (Å²) < 4.78 is 5.79. The number of rotatable bonds is 9. The van der Waals surface area contributed by atoms with E-state index in [1.54, 1.807) is 36.4 Å². The van der Waals surface area contributed by atoms with Gasteiger partial charge in [-0.05, 0) is 49.1 Å². The Morgan fingerprint density at radius 1 is 1.00 bits per heavy atom. The number of amides is 2. The first-order valence-electron chi connectivity index (χ1n) is 9.42. The van der Waals surface area contributed by atoms with Crippen LogP contribution in [0.5, 0.6) is 5.75 Å². The van der Waals surface area contributed by atoms with Gasteiger partial charge in [0.25, 0.3) is 5.91 Å². The number of benzene rings is 2. The second-order valence-electron chi connectivity index (χ2n) is 6.86. The van der Waals surface area contributed by atoms with Crippen molar-refractivity contribution in [1.82, 2.24) is 0 Å². The van der Waals surface area contributed by atoms with E-state index >= 15 is 0 Å². The smallest absolute Gasteiger partial charge is 0.259 e. The van der Waals surface area contributed by atoms with E-state index in [2.05, 4.69) is 24.5 Å². The van der Waals surface area contributed by atoms with Gasteiger partial charge in [-0.25, -0.2) is 0 Å². The van der Waals surface area contributed by atoms with Crippen LogP contribution in [0.4, 0.5) is 11.4 Å². The van der Waals surface area contributed by atoms with Gasteiger partial charge in [0.1, 0.15) is 5.75 Å². The summed E-state index contributed by atoms with van der Waals surface area (Å²) in [5.74, 6) is 0.830. The maximum Gasteiger partial charge on any atom is 0.259 e. The van der Waals surface area contributed by atoms with E-state index < -0.39 is 0 Å². The summed E-state index contributed by atoms with van der Waals surface area (Å²) in [4.78, 5) is 24.4. The van der Waals surface area contributed by atoms with Gasteiger partial charge >= 0.3 is 0 Å². The molecule has 27 heavy (non-hydrogen) atoms. The van der Waals surface area contributed by atoms with E-state index in [1.807, 2.05) is 19.1 Å². The summed E-state index contributed by atoms with van der Waals surface area (Å²) in [5.41, 5.74) is 1.76. The van der Waals surface area contributed by atoms with Crippen LogP contribution in [0.25, 0.3) is 0 Å². The van der Waals surface area contributed by atoms with Gasteiger partial charge in [-0.1, -0.05) is 39.0 Å². The Balaban J connectivity index is 2.06. The Kier molecular flexibility index (Phi) is 7.86. The van der Waals surface area contributed by atoms with Crippen molar-refractivity contribution in [3.8, 4) is 5.75 Å². The maximum atomic E-state index is 12.7. The Hall–Kier alpha value is -2.82. The number of carbonyl (C=O) groups is 2. The number of para-hydroxylation sites is 1. The van der Waals surface area contributed by atoms with E-state index in [0.717, 1.165) is 12.8 Å². The highest BCUT2D eigenvalue weighted by atomic mass is 16.5. The Morgan fingerprint density at radius 2 is 1.70 bits per heavy atom. The van der Waals surface area contributed by atoms with Gasteiger partial charge in [0.05, 0.1) is 12.2 Å². The highest BCUT2D eigenvalue weighted by molar-refractivity contribution is 6.06. The second kappa shape index (κ2) is 10.4. The molecule has 2 aromatic carbocycles. The molecule has 144 valence electrons. The van der Waals surface area contributed by atoms with Crippen molar-refractivity contribution in [3.63, 3.8) is 0 Å². The van der Waals surface area contributed by atoms with E-state index in [9.17, 15) is 9.59 Å². The van der Waals surface area contributed by atoms with Gasteiger partial charge in [0, 0.05) is 17.8 Å². The van der Waals surface area contributed by atoms with Gasteiger partial charge in [-0.2, -0.15) is 0 Å². The molecular formula is C22H28N2O3. The summed E-state index contributed by atoms with van der Waals surface area (Å²) in [6.07, 6.45) is 2.18. The number of hydrogen-bond acceptors (Lipinski definition) is 3. The Labute approximate surface area is 161 Å². The normalized spacial score (nSPS) is 10.5. The highest BCUT2D eigenvalue weighted by Crippen LogP contribution is 2.22. The molecule has 0 aliphatic heterocycles. The zero-order valence-corrected chi connectivity index (χ0v) is 16.2. The molecule has 0 saturated carbocycles. The average molecular weight is 368 g/mol. The van der Waals surface area contributed by atoms with E-state index in [1.165, 1.54) is 0 Å². The lowest BCUT2D eigenvalue weighted by atomic mass is 10.1. The van der Waals surface area contributed by atoms with Crippen molar-refractivity contribution in [1.29, 1.82) is 0 Å². The molecule has 0 aliphatic rings. The average Bonchev–Trinajstić information content (AvgIpc) is 2.62. The predicted octanol–water partition coefficient (Wildman–Crippen LogP) is 5.10. The molecule has 5 nitrogen and oxygen atoms in total. The fraction of sp³-hybridized carbons (Fsp3) is 0.364. The molecule has 0 unspecified atom stereocenters. The lowest BCUT2D eigenvalue weighted by Gasteiger charge is -2.13. The van der Waals surface area contributed by atoms with Crippen molar-refractivity contribution in [2.45, 2.75) is 40.0 Å². The van der Waals surface area contributed by atoms with Crippen LogP contribution in [-0.4, -0.2) is 18.4 Å². The van der Waals surface area contributed by atoms with Crippen LogP contribution < -0.4 is 15.4 Å². The zero-order chi connectivity index (χ0) is 19.6. The van der Waals surface area contributed by atoms with Crippen molar-refractivity contribution >= 4 is 23.2 Å². The third-order valence-electron chi connectivity index (χ3n) is 3.97. The van der Waals surface area contributed by atoms with Crippen molar-refractivity contribution in [2.24, 2.45) is 5.92 Å². The maximum absolute atomic E-state index is 12.7. The Morgan fingerprint density at radius 3 is 2.41 bits per heavy atom. The molecule has 2 amide bonds. The highest BCUT2D eigenvalue weighted by Gasteiger charge is 2.13. The summed E-state index contributed by atoms with van der Waals surface area (Å²) in [6.45, 7) is 6.79. The van der Waals surface area contributed by atoms with Crippen molar-refractivity contribution in [3.05, 3.63) is 54.1 Å². The first kappa shape index (κ1) is 20.5. The summed E-state index contributed by atoms with van der Waals surface area (Å²) >= 11 is 0. The molecule has 0 radical (unpaired) electrons. The summed E-state index contributed by atoms with van der Waals surface area (Å²) in [7, 11) is 0. The minimum absolute atomic E-state index is 0.0372. The predicted molar refractivity (Wildman–Crippen MR) is 109 cm³/mol. The molecule has 0 aliphatic carbocycles. The number of hydrogen-bond donors (Lipinski definition) is 2. The third-order valence-corrected chi connectivity index (χ3v) is 3.97.